The van der Waals surface area contributed by atoms with Crippen LogP contribution in [0.4, 0.5) is 0 Å². The van der Waals surface area contributed by atoms with Gasteiger partial charge in [0.05, 0.1) is 0 Å². The monoisotopic (exact) mass is 863 g/mol. The first-order valence-corrected chi connectivity index (χ1v) is 27.4. The van der Waals surface area contributed by atoms with Crippen LogP contribution in [-0.2, 0) is 28.6 Å². The number of esters is 3. The number of unbranched alkanes of at least 4 members (excludes halogenated alkanes) is 37. The Bertz CT molecular complexity index is 918. The molecule has 6 nitrogen and oxygen atoms in total. The maximum absolute atomic E-state index is 12.8. The first-order valence-electron chi connectivity index (χ1n) is 27.4. The largest absolute Gasteiger partial charge is 0.462 e. The van der Waals surface area contributed by atoms with Crippen molar-refractivity contribution in [3.63, 3.8) is 0 Å². The summed E-state index contributed by atoms with van der Waals surface area (Å²) in [5, 5.41) is 0. The van der Waals surface area contributed by atoms with E-state index >= 15 is 0 Å². The number of hydrogen-bond donors (Lipinski definition) is 0. The third-order valence-electron chi connectivity index (χ3n) is 12.5. The van der Waals surface area contributed by atoms with Gasteiger partial charge in [-0.25, -0.2) is 0 Å². The Morgan fingerprint density at radius 1 is 0.311 bits per heavy atom. The van der Waals surface area contributed by atoms with Crippen LogP contribution in [0.5, 0.6) is 0 Å². The normalized spacial score (nSPS) is 12.0. The maximum Gasteiger partial charge on any atom is 0.306 e. The van der Waals surface area contributed by atoms with Gasteiger partial charge in [0.2, 0.25) is 0 Å². The lowest BCUT2D eigenvalue weighted by Gasteiger charge is -2.18. The quantitative estimate of drug-likeness (QED) is 0.0344. The number of rotatable bonds is 50. The minimum Gasteiger partial charge on any atom is -0.462 e. The first kappa shape index (κ1) is 59.4. The zero-order valence-corrected chi connectivity index (χ0v) is 41.6. The second-order valence-electron chi connectivity index (χ2n) is 19.3. The van der Waals surface area contributed by atoms with Crippen molar-refractivity contribution in [2.45, 2.75) is 316 Å². The number of ether oxygens (including phenoxy) is 3. The topological polar surface area (TPSA) is 78.9 Å². The lowest BCUT2D eigenvalue weighted by Crippen LogP contribution is -2.30. The van der Waals surface area contributed by atoms with Crippen LogP contribution in [0.25, 0.3) is 0 Å². The molecule has 0 aliphatic rings. The second kappa shape index (κ2) is 49.4. The molecular weight excluding hydrogens is 757 g/mol. The molecule has 0 saturated carbocycles. The van der Waals surface area contributed by atoms with Gasteiger partial charge in [-0.15, -0.1) is 0 Å². The van der Waals surface area contributed by atoms with Gasteiger partial charge in [0.15, 0.2) is 6.10 Å². The maximum atomic E-state index is 12.8. The van der Waals surface area contributed by atoms with E-state index in [1.54, 1.807) is 0 Å². The molecule has 0 N–H and O–H groups in total. The molecule has 0 rings (SSSR count). The molecule has 1 atom stereocenters. The zero-order valence-electron chi connectivity index (χ0n) is 41.6. The summed E-state index contributed by atoms with van der Waals surface area (Å²) in [6, 6.07) is 0. The second-order valence-corrected chi connectivity index (χ2v) is 19.3. The molecule has 0 aromatic heterocycles. The van der Waals surface area contributed by atoms with Crippen molar-refractivity contribution in [3.05, 3.63) is 0 Å². The summed E-state index contributed by atoms with van der Waals surface area (Å²) in [4.78, 5) is 37.9. The Balaban J connectivity index is 4.16. The molecule has 0 unspecified atom stereocenters. The summed E-state index contributed by atoms with van der Waals surface area (Å²) >= 11 is 0. The van der Waals surface area contributed by atoms with Gasteiger partial charge >= 0.3 is 17.9 Å². The van der Waals surface area contributed by atoms with Crippen LogP contribution in [0.3, 0.4) is 0 Å². The van der Waals surface area contributed by atoms with E-state index in [-0.39, 0.29) is 31.1 Å². The lowest BCUT2D eigenvalue weighted by atomic mass is 10.0. The Kier molecular flexibility index (Phi) is 48.1. The van der Waals surface area contributed by atoms with E-state index in [1.165, 1.54) is 205 Å². The van der Waals surface area contributed by atoms with Crippen molar-refractivity contribution >= 4 is 17.9 Å². The summed E-state index contributed by atoms with van der Waals surface area (Å²) in [5.41, 5.74) is 0. The molecule has 0 fully saturated rings. The highest BCUT2D eigenvalue weighted by Crippen LogP contribution is 2.18. The highest BCUT2D eigenvalue weighted by Gasteiger charge is 2.19. The molecule has 61 heavy (non-hydrogen) atoms. The minimum absolute atomic E-state index is 0.0627. The molecular formula is C55H106O6. The molecule has 0 heterocycles. The number of hydrogen-bond acceptors (Lipinski definition) is 6. The van der Waals surface area contributed by atoms with E-state index in [0.29, 0.717) is 19.3 Å². The van der Waals surface area contributed by atoms with Crippen molar-refractivity contribution in [2.75, 3.05) is 13.2 Å². The molecule has 0 amide bonds. The van der Waals surface area contributed by atoms with E-state index < -0.39 is 6.10 Å². The fraction of sp³-hybridized carbons (Fsp3) is 0.945. The average Bonchev–Trinajstić information content (AvgIpc) is 3.24. The SMILES string of the molecule is CCCCCCCCCCCCCCCCCCCCC(=O)OC[C@H](COC(=O)CCCCCCCCC)OC(=O)CCCCCCCCCCCCCCCCCC(C)C. The van der Waals surface area contributed by atoms with Gasteiger partial charge in [-0.2, -0.15) is 0 Å². The van der Waals surface area contributed by atoms with Gasteiger partial charge in [0.1, 0.15) is 13.2 Å². The van der Waals surface area contributed by atoms with Crippen molar-refractivity contribution in [2.24, 2.45) is 5.92 Å². The smallest absolute Gasteiger partial charge is 0.306 e. The number of carbonyl (C=O) groups excluding carboxylic acids is 3. The summed E-state index contributed by atoms with van der Waals surface area (Å²) in [7, 11) is 0. The molecule has 0 bridgehead atoms. The predicted molar refractivity (Wildman–Crippen MR) is 261 cm³/mol. The molecule has 0 aromatic carbocycles. The van der Waals surface area contributed by atoms with Gasteiger partial charge in [0.25, 0.3) is 0 Å². The summed E-state index contributed by atoms with van der Waals surface area (Å²) < 4.78 is 16.8. The predicted octanol–water partition coefficient (Wildman–Crippen LogP) is 17.8. The molecule has 6 heteroatoms. The molecule has 0 saturated heterocycles. The summed E-state index contributed by atoms with van der Waals surface area (Å²) in [6.07, 6.45) is 52.5. The van der Waals surface area contributed by atoms with Crippen molar-refractivity contribution in [1.82, 2.24) is 0 Å². The summed E-state index contributed by atoms with van der Waals surface area (Å²) in [5.74, 6) is 0.000680. The van der Waals surface area contributed by atoms with Crippen molar-refractivity contribution in [1.29, 1.82) is 0 Å². The Labute approximate surface area is 380 Å². The van der Waals surface area contributed by atoms with Crippen LogP contribution in [0.15, 0.2) is 0 Å². The van der Waals surface area contributed by atoms with Crippen LogP contribution in [0, 0.1) is 5.92 Å². The highest BCUT2D eigenvalue weighted by atomic mass is 16.6. The van der Waals surface area contributed by atoms with E-state index in [9.17, 15) is 14.4 Å². The lowest BCUT2D eigenvalue weighted by molar-refractivity contribution is -0.167. The minimum atomic E-state index is -0.760. The zero-order chi connectivity index (χ0) is 44.5. The Morgan fingerprint density at radius 2 is 0.541 bits per heavy atom. The van der Waals surface area contributed by atoms with E-state index in [1.807, 2.05) is 0 Å². The highest BCUT2D eigenvalue weighted by molar-refractivity contribution is 5.71. The fourth-order valence-corrected chi connectivity index (χ4v) is 8.39. The Morgan fingerprint density at radius 3 is 0.803 bits per heavy atom. The molecule has 0 spiro atoms. The van der Waals surface area contributed by atoms with Gasteiger partial charge in [-0.05, 0) is 25.2 Å². The molecule has 0 aliphatic heterocycles. The van der Waals surface area contributed by atoms with E-state index in [4.69, 9.17) is 14.2 Å². The standard InChI is InChI=1S/C55H106O6/c1-5-7-9-11-13-14-15-16-17-18-19-22-25-28-31-35-39-43-47-54(57)60-50-52(49-59-53(56)46-42-38-33-12-10-8-6-2)61-55(58)48-44-40-36-32-29-26-23-20-21-24-27-30-34-37-41-45-51(3)4/h51-52H,5-50H2,1-4H3/t52-/m0/s1. The van der Waals surface area contributed by atoms with Gasteiger partial charge in [-0.1, -0.05) is 272 Å². The third kappa shape index (κ3) is 49.3. The van der Waals surface area contributed by atoms with Crippen LogP contribution in [-0.4, -0.2) is 37.2 Å². The first-order chi connectivity index (χ1) is 29.9. The summed E-state index contributed by atoms with van der Waals surface area (Å²) in [6.45, 7) is 9.02. The molecule has 0 aromatic rings. The number of carbonyl (C=O) groups is 3. The van der Waals surface area contributed by atoms with Crippen molar-refractivity contribution < 1.29 is 28.6 Å². The van der Waals surface area contributed by atoms with Crippen LogP contribution < -0.4 is 0 Å². The Hall–Kier alpha value is -1.59. The molecule has 362 valence electrons. The van der Waals surface area contributed by atoms with Crippen molar-refractivity contribution in [3.8, 4) is 0 Å². The third-order valence-corrected chi connectivity index (χ3v) is 12.5. The average molecular weight is 863 g/mol. The van der Waals surface area contributed by atoms with Crippen LogP contribution >= 0.6 is 0 Å². The van der Waals surface area contributed by atoms with Gasteiger partial charge < -0.3 is 14.2 Å². The van der Waals surface area contributed by atoms with E-state index in [0.717, 1.165) is 63.7 Å². The van der Waals surface area contributed by atoms with Gasteiger partial charge in [0, 0.05) is 19.3 Å². The fourth-order valence-electron chi connectivity index (χ4n) is 8.39. The van der Waals surface area contributed by atoms with Crippen LogP contribution in [0.1, 0.15) is 310 Å². The molecule has 0 aliphatic carbocycles. The van der Waals surface area contributed by atoms with Gasteiger partial charge in [-0.3, -0.25) is 14.4 Å². The molecule has 0 radical (unpaired) electrons. The van der Waals surface area contributed by atoms with Crippen LogP contribution in [0.2, 0.25) is 0 Å². The van der Waals surface area contributed by atoms with E-state index in [2.05, 4.69) is 27.7 Å².